The number of nitrogens with zero attached hydrogens (tertiary/aromatic N) is 4. The molecule has 1 atom stereocenters. The SMILES string of the molecule is CN=C(NCCCCCN1CCCCC1)N1CCC(N2CCOCC2)C1.I. The van der Waals surface area contributed by atoms with Gasteiger partial charge in [-0.3, -0.25) is 9.89 Å². The van der Waals surface area contributed by atoms with Gasteiger partial charge in [-0.05, 0) is 51.7 Å². The molecule has 158 valence electrons. The fraction of sp³-hybridized carbons (Fsp3) is 0.950. The lowest BCUT2D eigenvalue weighted by molar-refractivity contribution is 0.0195. The maximum atomic E-state index is 5.48. The smallest absolute Gasteiger partial charge is 0.193 e. The Morgan fingerprint density at radius 2 is 1.78 bits per heavy atom. The minimum atomic E-state index is 0. The maximum Gasteiger partial charge on any atom is 0.193 e. The van der Waals surface area contributed by atoms with Crippen molar-refractivity contribution in [1.29, 1.82) is 0 Å². The second kappa shape index (κ2) is 13.2. The number of piperidine rings is 1. The Morgan fingerprint density at radius 3 is 2.52 bits per heavy atom. The number of halogens is 1. The summed E-state index contributed by atoms with van der Waals surface area (Å²) >= 11 is 0. The van der Waals surface area contributed by atoms with Crippen LogP contribution in [0.2, 0.25) is 0 Å². The van der Waals surface area contributed by atoms with Crippen LogP contribution in [0, 0.1) is 0 Å². The quantitative estimate of drug-likeness (QED) is 0.255. The summed E-state index contributed by atoms with van der Waals surface area (Å²) in [5.74, 6) is 1.09. The number of aliphatic imine (C=N–C) groups is 1. The monoisotopic (exact) mass is 493 g/mol. The van der Waals surface area contributed by atoms with Gasteiger partial charge in [0.05, 0.1) is 13.2 Å². The first-order chi connectivity index (χ1) is 12.9. The molecule has 0 spiro atoms. The molecular formula is C20H40IN5O. The average Bonchev–Trinajstić information content (AvgIpc) is 3.19. The summed E-state index contributed by atoms with van der Waals surface area (Å²) in [6.07, 6.45) is 9.38. The lowest BCUT2D eigenvalue weighted by atomic mass is 10.1. The summed E-state index contributed by atoms with van der Waals surface area (Å²) < 4.78 is 5.48. The van der Waals surface area contributed by atoms with E-state index in [9.17, 15) is 0 Å². The highest BCUT2D eigenvalue weighted by atomic mass is 127. The third-order valence-electron chi connectivity index (χ3n) is 6.12. The molecule has 1 N–H and O–H groups in total. The van der Waals surface area contributed by atoms with E-state index in [1.54, 1.807) is 0 Å². The first-order valence-corrected chi connectivity index (χ1v) is 10.9. The Labute approximate surface area is 183 Å². The minimum Gasteiger partial charge on any atom is -0.379 e. The van der Waals surface area contributed by atoms with Crippen molar-refractivity contribution in [2.45, 2.75) is 51.0 Å². The fourth-order valence-electron chi connectivity index (χ4n) is 4.53. The Bertz CT molecular complexity index is 425. The highest BCUT2D eigenvalue weighted by molar-refractivity contribution is 14.0. The van der Waals surface area contributed by atoms with Crippen LogP contribution in [0.15, 0.2) is 4.99 Å². The third kappa shape index (κ3) is 7.66. The summed E-state index contributed by atoms with van der Waals surface area (Å²) in [4.78, 5) is 12.2. The standard InChI is InChI=1S/C20H39N5O.HI/c1-21-20(22-9-4-2-5-10-23-11-6-3-7-12-23)25-13-8-19(18-25)24-14-16-26-17-15-24;/h19H,2-18H2,1H3,(H,21,22);1H. The molecule has 0 bridgehead atoms. The van der Waals surface area contributed by atoms with Gasteiger partial charge in [0, 0.05) is 45.8 Å². The van der Waals surface area contributed by atoms with Crippen molar-refractivity contribution in [3.63, 3.8) is 0 Å². The van der Waals surface area contributed by atoms with Gasteiger partial charge in [-0.1, -0.05) is 12.8 Å². The molecule has 1 unspecified atom stereocenters. The minimum absolute atomic E-state index is 0. The molecule has 3 aliphatic rings. The van der Waals surface area contributed by atoms with Crippen LogP contribution in [-0.2, 0) is 4.74 Å². The van der Waals surface area contributed by atoms with Crippen molar-refractivity contribution in [2.75, 3.05) is 72.6 Å². The number of likely N-dealkylation sites (tertiary alicyclic amines) is 2. The highest BCUT2D eigenvalue weighted by Gasteiger charge is 2.30. The van der Waals surface area contributed by atoms with E-state index in [1.165, 1.54) is 64.6 Å². The summed E-state index contributed by atoms with van der Waals surface area (Å²) in [5.41, 5.74) is 0. The number of guanidine groups is 1. The molecule has 3 saturated heterocycles. The van der Waals surface area contributed by atoms with Crippen LogP contribution in [0.25, 0.3) is 0 Å². The van der Waals surface area contributed by atoms with Crippen molar-refractivity contribution in [3.05, 3.63) is 0 Å². The predicted octanol–water partition coefficient (Wildman–Crippen LogP) is 2.24. The van der Waals surface area contributed by atoms with E-state index in [4.69, 9.17) is 4.74 Å². The topological polar surface area (TPSA) is 43.3 Å². The number of hydrogen-bond donors (Lipinski definition) is 1. The Balaban J connectivity index is 0.00000261. The predicted molar refractivity (Wildman–Crippen MR) is 123 cm³/mol. The van der Waals surface area contributed by atoms with Crippen LogP contribution in [-0.4, -0.2) is 99.3 Å². The molecule has 0 aliphatic carbocycles. The number of ether oxygens (including phenoxy) is 1. The zero-order valence-electron chi connectivity index (χ0n) is 17.2. The molecule has 0 amide bonds. The van der Waals surface area contributed by atoms with Gasteiger partial charge in [-0.15, -0.1) is 24.0 Å². The second-order valence-electron chi connectivity index (χ2n) is 7.97. The molecule has 27 heavy (non-hydrogen) atoms. The molecule has 0 aromatic heterocycles. The molecule has 3 heterocycles. The molecule has 0 aromatic rings. The zero-order valence-corrected chi connectivity index (χ0v) is 19.5. The largest absolute Gasteiger partial charge is 0.379 e. The van der Waals surface area contributed by atoms with E-state index in [1.807, 2.05) is 7.05 Å². The second-order valence-corrected chi connectivity index (χ2v) is 7.97. The van der Waals surface area contributed by atoms with Gasteiger partial charge in [0.15, 0.2) is 5.96 Å². The molecular weight excluding hydrogens is 453 g/mol. The number of hydrogen-bond acceptors (Lipinski definition) is 4. The lowest BCUT2D eigenvalue weighted by Crippen LogP contribution is -2.46. The highest BCUT2D eigenvalue weighted by Crippen LogP contribution is 2.17. The normalized spacial score (nSPS) is 25.4. The van der Waals surface area contributed by atoms with E-state index in [0.717, 1.165) is 51.9 Å². The van der Waals surface area contributed by atoms with E-state index >= 15 is 0 Å². The Kier molecular flexibility index (Phi) is 11.3. The summed E-state index contributed by atoms with van der Waals surface area (Å²) in [7, 11) is 1.92. The van der Waals surface area contributed by atoms with Gasteiger partial charge in [0.1, 0.15) is 0 Å². The van der Waals surface area contributed by atoms with E-state index in [2.05, 4.69) is 25.0 Å². The van der Waals surface area contributed by atoms with E-state index in [-0.39, 0.29) is 24.0 Å². The molecule has 3 fully saturated rings. The van der Waals surface area contributed by atoms with E-state index in [0.29, 0.717) is 6.04 Å². The number of morpholine rings is 1. The van der Waals surface area contributed by atoms with Gasteiger partial charge in [-0.25, -0.2) is 0 Å². The van der Waals surface area contributed by atoms with Gasteiger partial charge < -0.3 is 19.9 Å². The molecule has 3 aliphatic heterocycles. The van der Waals surface area contributed by atoms with Crippen LogP contribution in [0.5, 0.6) is 0 Å². The fourth-order valence-corrected chi connectivity index (χ4v) is 4.53. The third-order valence-corrected chi connectivity index (χ3v) is 6.12. The molecule has 3 rings (SSSR count). The van der Waals surface area contributed by atoms with Crippen molar-refractivity contribution in [1.82, 2.24) is 20.0 Å². The number of unbranched alkanes of at least 4 members (excludes halogenated alkanes) is 2. The Morgan fingerprint density at radius 1 is 1.00 bits per heavy atom. The van der Waals surface area contributed by atoms with Crippen molar-refractivity contribution in [2.24, 2.45) is 4.99 Å². The van der Waals surface area contributed by atoms with Crippen molar-refractivity contribution in [3.8, 4) is 0 Å². The maximum absolute atomic E-state index is 5.48. The number of rotatable bonds is 7. The van der Waals surface area contributed by atoms with Crippen LogP contribution in [0.1, 0.15) is 44.9 Å². The number of nitrogens with one attached hydrogen (secondary N) is 1. The lowest BCUT2D eigenvalue weighted by Gasteiger charge is -2.32. The van der Waals surface area contributed by atoms with Crippen LogP contribution >= 0.6 is 24.0 Å². The van der Waals surface area contributed by atoms with Gasteiger partial charge in [0.25, 0.3) is 0 Å². The molecule has 0 radical (unpaired) electrons. The summed E-state index contributed by atoms with van der Waals surface area (Å²) in [5, 5.41) is 3.59. The van der Waals surface area contributed by atoms with Gasteiger partial charge >= 0.3 is 0 Å². The molecule has 0 aromatic carbocycles. The molecule has 6 nitrogen and oxygen atoms in total. The van der Waals surface area contributed by atoms with Crippen molar-refractivity contribution < 1.29 is 4.74 Å². The van der Waals surface area contributed by atoms with E-state index < -0.39 is 0 Å². The van der Waals surface area contributed by atoms with Gasteiger partial charge in [-0.2, -0.15) is 0 Å². The Hall–Kier alpha value is -0.120. The zero-order chi connectivity index (χ0) is 18.0. The van der Waals surface area contributed by atoms with Crippen LogP contribution in [0.3, 0.4) is 0 Å². The van der Waals surface area contributed by atoms with Crippen LogP contribution < -0.4 is 5.32 Å². The van der Waals surface area contributed by atoms with Crippen LogP contribution in [0.4, 0.5) is 0 Å². The molecule has 7 heteroatoms. The average molecular weight is 493 g/mol. The summed E-state index contributed by atoms with van der Waals surface area (Å²) in [6, 6.07) is 0.669. The first kappa shape index (κ1) is 23.2. The van der Waals surface area contributed by atoms with Crippen molar-refractivity contribution >= 4 is 29.9 Å². The molecule has 0 saturated carbocycles. The first-order valence-electron chi connectivity index (χ1n) is 10.9. The summed E-state index contributed by atoms with van der Waals surface area (Å²) in [6.45, 7) is 11.2. The van der Waals surface area contributed by atoms with Gasteiger partial charge in [0.2, 0.25) is 0 Å².